The third-order valence-corrected chi connectivity index (χ3v) is 4.39. The van der Waals surface area contributed by atoms with Gasteiger partial charge >= 0.3 is 0 Å². The molecular weight excluding hydrogens is 312 g/mol. The van der Waals surface area contributed by atoms with Crippen LogP contribution in [0.4, 0.5) is 5.69 Å². The van der Waals surface area contributed by atoms with E-state index in [0.29, 0.717) is 11.1 Å². The van der Waals surface area contributed by atoms with Gasteiger partial charge in [-0.3, -0.25) is 10.1 Å². The lowest BCUT2D eigenvalue weighted by Gasteiger charge is -2.10. The zero-order valence-corrected chi connectivity index (χ0v) is 13.1. The van der Waals surface area contributed by atoms with E-state index in [-0.39, 0.29) is 10.6 Å². The first-order valence-corrected chi connectivity index (χ1v) is 7.78. The summed E-state index contributed by atoms with van der Waals surface area (Å²) in [5.74, 6) is 0. The van der Waals surface area contributed by atoms with Gasteiger partial charge in [0.05, 0.1) is 22.1 Å². The van der Waals surface area contributed by atoms with Crippen LogP contribution in [0, 0.1) is 21.4 Å². The highest BCUT2D eigenvalue weighted by atomic mass is 16.6. The SMILES string of the molecule is N#Cc1cccc2ccc(-c3c([N+](=O)[O-])ccc4ccccc34)cc12. The Bertz CT molecular complexity index is 1190. The summed E-state index contributed by atoms with van der Waals surface area (Å²) in [6.07, 6.45) is 0. The van der Waals surface area contributed by atoms with E-state index in [0.717, 1.165) is 27.1 Å². The molecule has 4 rings (SSSR count). The molecule has 0 fully saturated rings. The molecule has 4 aromatic rings. The molecule has 0 radical (unpaired) electrons. The molecule has 0 amide bonds. The molecule has 0 unspecified atom stereocenters. The van der Waals surface area contributed by atoms with Gasteiger partial charge in [-0.1, -0.05) is 48.5 Å². The summed E-state index contributed by atoms with van der Waals surface area (Å²) in [6.45, 7) is 0. The van der Waals surface area contributed by atoms with Crippen molar-refractivity contribution in [3.63, 3.8) is 0 Å². The number of nitro groups is 1. The number of benzene rings is 4. The van der Waals surface area contributed by atoms with Gasteiger partial charge in [0.2, 0.25) is 0 Å². The van der Waals surface area contributed by atoms with Crippen LogP contribution in [-0.4, -0.2) is 4.92 Å². The molecule has 118 valence electrons. The van der Waals surface area contributed by atoms with Crippen molar-refractivity contribution in [1.82, 2.24) is 0 Å². The molecule has 0 atom stereocenters. The maximum Gasteiger partial charge on any atom is 0.277 e. The van der Waals surface area contributed by atoms with Crippen molar-refractivity contribution in [2.45, 2.75) is 0 Å². The van der Waals surface area contributed by atoms with Crippen molar-refractivity contribution in [2.75, 3.05) is 0 Å². The van der Waals surface area contributed by atoms with Crippen LogP contribution in [0.15, 0.2) is 72.8 Å². The smallest absolute Gasteiger partial charge is 0.258 e. The molecule has 25 heavy (non-hydrogen) atoms. The Hall–Kier alpha value is -3.71. The zero-order valence-electron chi connectivity index (χ0n) is 13.1. The van der Waals surface area contributed by atoms with Crippen molar-refractivity contribution in [1.29, 1.82) is 5.26 Å². The Morgan fingerprint density at radius 1 is 0.840 bits per heavy atom. The molecule has 0 spiro atoms. The predicted octanol–water partition coefficient (Wildman–Crippen LogP) is 5.44. The molecule has 0 aliphatic heterocycles. The number of nitriles is 1. The molecule has 4 heteroatoms. The molecule has 4 aromatic carbocycles. The lowest BCUT2D eigenvalue weighted by atomic mass is 9.93. The topological polar surface area (TPSA) is 66.9 Å². The molecular formula is C21H12N2O2. The van der Waals surface area contributed by atoms with E-state index < -0.39 is 0 Å². The van der Waals surface area contributed by atoms with Gasteiger partial charge < -0.3 is 0 Å². The minimum Gasteiger partial charge on any atom is -0.258 e. The van der Waals surface area contributed by atoms with Gasteiger partial charge in [0, 0.05) is 11.5 Å². The molecule has 0 bridgehead atoms. The largest absolute Gasteiger partial charge is 0.277 e. The summed E-state index contributed by atoms with van der Waals surface area (Å²) in [5, 5.41) is 24.4. The Balaban J connectivity index is 2.11. The van der Waals surface area contributed by atoms with Crippen molar-refractivity contribution in [3.8, 4) is 17.2 Å². The molecule has 0 N–H and O–H groups in total. The van der Waals surface area contributed by atoms with E-state index >= 15 is 0 Å². The fourth-order valence-electron chi connectivity index (χ4n) is 3.24. The van der Waals surface area contributed by atoms with Gasteiger partial charge in [-0.15, -0.1) is 0 Å². The third kappa shape index (κ3) is 2.39. The summed E-state index contributed by atoms with van der Waals surface area (Å²) in [6, 6.07) is 24.2. The van der Waals surface area contributed by atoms with Crippen LogP contribution in [0.25, 0.3) is 32.7 Å². The van der Waals surface area contributed by atoms with Gasteiger partial charge in [-0.2, -0.15) is 5.26 Å². The summed E-state index contributed by atoms with van der Waals surface area (Å²) < 4.78 is 0. The minimum absolute atomic E-state index is 0.0625. The van der Waals surface area contributed by atoms with Gasteiger partial charge in [0.25, 0.3) is 5.69 Å². The number of hydrogen-bond donors (Lipinski definition) is 0. The second kappa shape index (κ2) is 5.73. The number of hydrogen-bond acceptors (Lipinski definition) is 3. The van der Waals surface area contributed by atoms with Crippen LogP contribution in [0.1, 0.15) is 5.56 Å². The molecule has 0 saturated carbocycles. The molecule has 0 aliphatic carbocycles. The third-order valence-electron chi connectivity index (χ3n) is 4.39. The Morgan fingerprint density at radius 2 is 1.56 bits per heavy atom. The van der Waals surface area contributed by atoms with E-state index in [2.05, 4.69) is 6.07 Å². The average Bonchev–Trinajstić information content (AvgIpc) is 2.66. The summed E-state index contributed by atoms with van der Waals surface area (Å²) in [5.41, 5.74) is 1.94. The number of nitrogens with zero attached hydrogens (tertiary/aromatic N) is 2. The lowest BCUT2D eigenvalue weighted by Crippen LogP contribution is -1.93. The lowest BCUT2D eigenvalue weighted by molar-refractivity contribution is -0.384. The quantitative estimate of drug-likeness (QED) is 0.364. The van der Waals surface area contributed by atoms with Gasteiger partial charge in [0.1, 0.15) is 0 Å². The summed E-state index contributed by atoms with van der Waals surface area (Å²) >= 11 is 0. The number of fused-ring (bicyclic) bond motifs is 2. The first-order valence-electron chi connectivity index (χ1n) is 7.78. The Kier molecular flexibility index (Phi) is 3.41. The van der Waals surface area contributed by atoms with Crippen molar-refractivity contribution in [3.05, 3.63) is 88.5 Å². The highest BCUT2D eigenvalue weighted by Crippen LogP contribution is 2.38. The average molecular weight is 324 g/mol. The van der Waals surface area contributed by atoms with Crippen LogP contribution in [0.3, 0.4) is 0 Å². The van der Waals surface area contributed by atoms with Crippen molar-refractivity contribution in [2.24, 2.45) is 0 Å². The molecule has 0 aliphatic rings. The first-order chi connectivity index (χ1) is 12.2. The monoisotopic (exact) mass is 324 g/mol. The van der Waals surface area contributed by atoms with Crippen LogP contribution in [0.2, 0.25) is 0 Å². The highest BCUT2D eigenvalue weighted by Gasteiger charge is 2.19. The fourth-order valence-corrected chi connectivity index (χ4v) is 3.24. The normalized spacial score (nSPS) is 10.7. The second-order valence-corrected chi connectivity index (χ2v) is 5.79. The molecule has 4 nitrogen and oxygen atoms in total. The number of rotatable bonds is 2. The van der Waals surface area contributed by atoms with Crippen molar-refractivity contribution >= 4 is 27.2 Å². The predicted molar refractivity (Wildman–Crippen MR) is 98.3 cm³/mol. The van der Waals surface area contributed by atoms with E-state index in [4.69, 9.17) is 0 Å². The van der Waals surface area contributed by atoms with Gasteiger partial charge in [-0.25, -0.2) is 0 Å². The molecule has 0 saturated heterocycles. The van der Waals surface area contributed by atoms with E-state index in [9.17, 15) is 15.4 Å². The maximum atomic E-state index is 11.6. The minimum atomic E-state index is -0.359. The standard InChI is InChI=1S/C21H12N2O2/c22-13-17-6-3-5-15-8-9-16(12-19(15)17)21-18-7-2-1-4-14(18)10-11-20(21)23(24)25/h1-12H. The zero-order chi connectivity index (χ0) is 17.4. The Labute approximate surface area is 143 Å². The van der Waals surface area contributed by atoms with Crippen LogP contribution >= 0.6 is 0 Å². The number of nitro benzene ring substituents is 1. The summed E-state index contributed by atoms with van der Waals surface area (Å²) in [7, 11) is 0. The molecule has 0 aromatic heterocycles. The van der Waals surface area contributed by atoms with E-state index in [1.807, 2.05) is 54.6 Å². The van der Waals surface area contributed by atoms with Crippen molar-refractivity contribution < 1.29 is 4.92 Å². The van der Waals surface area contributed by atoms with Crippen LogP contribution < -0.4 is 0 Å². The van der Waals surface area contributed by atoms with Gasteiger partial charge in [-0.05, 0) is 39.9 Å². The Morgan fingerprint density at radius 3 is 2.36 bits per heavy atom. The summed E-state index contributed by atoms with van der Waals surface area (Å²) in [4.78, 5) is 11.2. The maximum absolute atomic E-state index is 11.6. The van der Waals surface area contributed by atoms with Crippen LogP contribution in [0.5, 0.6) is 0 Å². The van der Waals surface area contributed by atoms with E-state index in [1.54, 1.807) is 12.1 Å². The first kappa shape index (κ1) is 14.9. The van der Waals surface area contributed by atoms with Gasteiger partial charge in [0.15, 0.2) is 0 Å². The molecule has 0 heterocycles. The second-order valence-electron chi connectivity index (χ2n) is 5.79. The highest BCUT2D eigenvalue weighted by molar-refractivity contribution is 6.03. The van der Waals surface area contributed by atoms with E-state index in [1.165, 1.54) is 6.07 Å². The fraction of sp³-hybridized carbons (Fsp3) is 0. The van der Waals surface area contributed by atoms with Crippen LogP contribution in [-0.2, 0) is 0 Å².